The highest BCUT2D eigenvalue weighted by Crippen LogP contribution is 2.37. The number of anilines is 3. The fourth-order valence-electron chi connectivity index (χ4n) is 4.43. The van der Waals surface area contributed by atoms with Crippen LogP contribution in [0, 0.1) is 5.92 Å². The Balaban J connectivity index is 1.38. The van der Waals surface area contributed by atoms with Crippen LogP contribution in [0.25, 0.3) is 0 Å². The summed E-state index contributed by atoms with van der Waals surface area (Å²) in [5, 5.41) is 0. The molecule has 3 heterocycles. The Morgan fingerprint density at radius 2 is 1.90 bits per heavy atom. The molecule has 5 rings (SSSR count). The lowest BCUT2D eigenvalue weighted by Gasteiger charge is -2.31. The minimum Gasteiger partial charge on any atom is -0.486 e. The molecule has 0 aromatic heterocycles. The van der Waals surface area contributed by atoms with Crippen LogP contribution >= 0.6 is 0 Å². The van der Waals surface area contributed by atoms with E-state index in [4.69, 9.17) is 15.2 Å². The number of hydrogen-bond acceptors (Lipinski definition) is 5. The SMILES string of the molecule is Nc1cccc2c1CCCN2C(=O)C1CCN(c2ccc3c(c2)OCCO3)C1=O. The van der Waals surface area contributed by atoms with Gasteiger partial charge in [-0.15, -0.1) is 0 Å². The van der Waals surface area contributed by atoms with Crippen LogP contribution in [0.4, 0.5) is 17.1 Å². The zero-order valence-electron chi connectivity index (χ0n) is 16.1. The average molecular weight is 393 g/mol. The van der Waals surface area contributed by atoms with Gasteiger partial charge in [-0.1, -0.05) is 6.07 Å². The van der Waals surface area contributed by atoms with Gasteiger partial charge < -0.3 is 25.0 Å². The molecule has 7 nitrogen and oxygen atoms in total. The Morgan fingerprint density at radius 1 is 1.07 bits per heavy atom. The molecular weight excluding hydrogens is 370 g/mol. The van der Waals surface area contributed by atoms with E-state index in [1.54, 1.807) is 9.80 Å². The van der Waals surface area contributed by atoms with Crippen LogP contribution in [0.2, 0.25) is 0 Å². The van der Waals surface area contributed by atoms with E-state index in [9.17, 15) is 9.59 Å². The van der Waals surface area contributed by atoms with E-state index in [1.807, 2.05) is 36.4 Å². The van der Waals surface area contributed by atoms with Crippen LogP contribution < -0.4 is 25.0 Å². The van der Waals surface area contributed by atoms with E-state index in [-0.39, 0.29) is 11.8 Å². The highest BCUT2D eigenvalue weighted by Gasteiger charge is 2.41. The molecule has 1 fully saturated rings. The molecule has 1 saturated heterocycles. The second-order valence-corrected chi connectivity index (χ2v) is 7.60. The molecule has 0 saturated carbocycles. The van der Waals surface area contributed by atoms with Crippen molar-refractivity contribution in [3.8, 4) is 11.5 Å². The Bertz CT molecular complexity index is 990. The van der Waals surface area contributed by atoms with E-state index < -0.39 is 5.92 Å². The molecule has 150 valence electrons. The van der Waals surface area contributed by atoms with E-state index in [0.717, 1.165) is 29.8 Å². The zero-order valence-corrected chi connectivity index (χ0v) is 16.1. The molecule has 2 aromatic rings. The van der Waals surface area contributed by atoms with Crippen LogP contribution in [0.15, 0.2) is 36.4 Å². The molecule has 0 radical (unpaired) electrons. The predicted molar refractivity (Wildman–Crippen MR) is 109 cm³/mol. The highest BCUT2D eigenvalue weighted by atomic mass is 16.6. The molecule has 3 aliphatic heterocycles. The van der Waals surface area contributed by atoms with Crippen molar-refractivity contribution in [3.05, 3.63) is 42.0 Å². The number of ether oxygens (including phenoxy) is 2. The van der Waals surface area contributed by atoms with Gasteiger partial charge in [0.2, 0.25) is 11.8 Å². The molecule has 0 spiro atoms. The molecule has 1 unspecified atom stereocenters. The number of nitrogen functional groups attached to an aromatic ring is 1. The minimum atomic E-state index is -0.671. The number of carbonyl (C=O) groups excluding carboxylic acids is 2. The summed E-state index contributed by atoms with van der Waals surface area (Å²) in [6.45, 7) is 2.13. The molecule has 29 heavy (non-hydrogen) atoms. The Labute approximate surface area is 169 Å². The van der Waals surface area contributed by atoms with Crippen molar-refractivity contribution in [1.29, 1.82) is 0 Å². The Hall–Kier alpha value is -3.22. The number of rotatable bonds is 2. The van der Waals surface area contributed by atoms with Crippen molar-refractivity contribution in [3.63, 3.8) is 0 Å². The standard InChI is InChI=1S/C22H23N3O4/c23-17-4-1-5-18-15(17)3-2-9-25(18)22(27)16-8-10-24(21(16)26)14-6-7-19-20(13-14)29-12-11-28-19/h1,4-7,13,16H,2-3,8-12,23H2. The first-order valence-electron chi connectivity index (χ1n) is 10.0. The van der Waals surface area contributed by atoms with Gasteiger partial charge in [0.15, 0.2) is 11.5 Å². The van der Waals surface area contributed by atoms with Crippen molar-refractivity contribution in [1.82, 2.24) is 0 Å². The van der Waals surface area contributed by atoms with Gasteiger partial charge in [-0.25, -0.2) is 0 Å². The van der Waals surface area contributed by atoms with E-state index in [0.29, 0.717) is 49.9 Å². The van der Waals surface area contributed by atoms with Crippen molar-refractivity contribution >= 4 is 28.9 Å². The summed E-state index contributed by atoms with van der Waals surface area (Å²) >= 11 is 0. The first-order valence-corrected chi connectivity index (χ1v) is 10.0. The Morgan fingerprint density at radius 3 is 2.76 bits per heavy atom. The number of nitrogens with zero attached hydrogens (tertiary/aromatic N) is 2. The molecule has 7 heteroatoms. The summed E-state index contributed by atoms with van der Waals surface area (Å²) in [6, 6.07) is 11.1. The van der Waals surface area contributed by atoms with Gasteiger partial charge in [0, 0.05) is 36.2 Å². The fraction of sp³-hybridized carbons (Fsp3) is 0.364. The third-order valence-corrected chi connectivity index (χ3v) is 5.89. The van der Waals surface area contributed by atoms with Crippen molar-refractivity contribution in [2.45, 2.75) is 19.3 Å². The lowest BCUT2D eigenvalue weighted by molar-refractivity contribution is -0.130. The van der Waals surface area contributed by atoms with Gasteiger partial charge in [-0.3, -0.25) is 9.59 Å². The lowest BCUT2D eigenvalue weighted by atomic mass is 9.97. The number of carbonyl (C=O) groups is 2. The second kappa shape index (κ2) is 6.99. The molecule has 1 atom stereocenters. The monoisotopic (exact) mass is 393 g/mol. The Kier molecular flexibility index (Phi) is 4.30. The van der Waals surface area contributed by atoms with Gasteiger partial charge in [0.25, 0.3) is 0 Å². The number of hydrogen-bond donors (Lipinski definition) is 1. The summed E-state index contributed by atoms with van der Waals surface area (Å²) in [5.41, 5.74) is 9.38. The van der Waals surface area contributed by atoms with Crippen LogP contribution in [0.1, 0.15) is 18.4 Å². The maximum absolute atomic E-state index is 13.3. The average Bonchev–Trinajstić information content (AvgIpc) is 3.14. The lowest BCUT2D eigenvalue weighted by Crippen LogP contribution is -2.42. The molecule has 3 aliphatic rings. The van der Waals surface area contributed by atoms with Crippen LogP contribution in [0.3, 0.4) is 0 Å². The number of fused-ring (bicyclic) bond motifs is 2. The fourth-order valence-corrected chi connectivity index (χ4v) is 4.43. The summed E-state index contributed by atoms with van der Waals surface area (Å²) in [4.78, 5) is 29.8. The van der Waals surface area contributed by atoms with Gasteiger partial charge in [0.05, 0.1) is 0 Å². The number of amides is 2. The van der Waals surface area contributed by atoms with E-state index in [1.165, 1.54) is 0 Å². The van der Waals surface area contributed by atoms with Crippen molar-refractivity contribution in [2.75, 3.05) is 41.8 Å². The first kappa shape index (κ1) is 17.8. The maximum Gasteiger partial charge on any atom is 0.239 e. The quantitative estimate of drug-likeness (QED) is 0.625. The smallest absolute Gasteiger partial charge is 0.239 e. The van der Waals surface area contributed by atoms with Gasteiger partial charge >= 0.3 is 0 Å². The summed E-state index contributed by atoms with van der Waals surface area (Å²) in [6.07, 6.45) is 2.20. The highest BCUT2D eigenvalue weighted by molar-refractivity contribution is 6.14. The molecule has 2 N–H and O–H groups in total. The molecule has 0 aliphatic carbocycles. The van der Waals surface area contributed by atoms with E-state index in [2.05, 4.69) is 0 Å². The van der Waals surface area contributed by atoms with E-state index >= 15 is 0 Å². The number of benzene rings is 2. The predicted octanol–water partition coefficient (Wildman–Crippen LogP) is 2.37. The molecule has 2 amide bonds. The van der Waals surface area contributed by atoms with Crippen LogP contribution in [-0.2, 0) is 16.0 Å². The normalized spacial score (nSPS) is 20.6. The number of nitrogens with two attached hydrogens (primary N) is 1. The van der Waals surface area contributed by atoms with Crippen molar-refractivity contribution < 1.29 is 19.1 Å². The zero-order chi connectivity index (χ0) is 20.0. The maximum atomic E-state index is 13.3. The second-order valence-electron chi connectivity index (χ2n) is 7.60. The van der Waals surface area contributed by atoms with Crippen LogP contribution in [-0.4, -0.2) is 38.1 Å². The minimum absolute atomic E-state index is 0.137. The first-order chi connectivity index (χ1) is 14.1. The topological polar surface area (TPSA) is 85.1 Å². The van der Waals surface area contributed by atoms with Crippen molar-refractivity contribution in [2.24, 2.45) is 5.92 Å². The molecular formula is C22H23N3O4. The third-order valence-electron chi connectivity index (χ3n) is 5.89. The summed E-state index contributed by atoms with van der Waals surface area (Å²) in [7, 11) is 0. The molecule has 0 bridgehead atoms. The van der Waals surface area contributed by atoms with Crippen LogP contribution in [0.5, 0.6) is 11.5 Å². The van der Waals surface area contributed by atoms with Gasteiger partial charge in [-0.2, -0.15) is 0 Å². The largest absolute Gasteiger partial charge is 0.486 e. The summed E-state index contributed by atoms with van der Waals surface area (Å²) in [5.74, 6) is 0.346. The third kappa shape index (κ3) is 2.97. The summed E-state index contributed by atoms with van der Waals surface area (Å²) < 4.78 is 11.2. The van der Waals surface area contributed by atoms with Gasteiger partial charge in [-0.05, 0) is 49.1 Å². The van der Waals surface area contributed by atoms with Gasteiger partial charge in [0.1, 0.15) is 19.1 Å². The molecule has 2 aromatic carbocycles.